The summed E-state index contributed by atoms with van der Waals surface area (Å²) in [5, 5.41) is 6.66. The van der Waals surface area contributed by atoms with E-state index >= 15 is 0 Å². The van der Waals surface area contributed by atoms with Crippen LogP contribution in [0.5, 0.6) is 5.75 Å². The molecule has 0 bridgehead atoms. The molecule has 0 aromatic heterocycles. The van der Waals surface area contributed by atoms with Gasteiger partial charge < -0.3 is 15.4 Å². The van der Waals surface area contributed by atoms with Gasteiger partial charge in [0.2, 0.25) is 5.91 Å². The summed E-state index contributed by atoms with van der Waals surface area (Å²) in [6.45, 7) is 1.75. The number of thioether (sulfide) groups is 1. The van der Waals surface area contributed by atoms with Gasteiger partial charge in [0.1, 0.15) is 5.75 Å². The summed E-state index contributed by atoms with van der Waals surface area (Å²) in [7, 11) is 1.71. The molecule has 1 amide bonds. The van der Waals surface area contributed by atoms with Crippen LogP contribution in [0.4, 0.5) is 0 Å². The van der Waals surface area contributed by atoms with Crippen LogP contribution in [-0.2, 0) is 10.2 Å². The zero-order valence-corrected chi connectivity index (χ0v) is 15.3. The molecule has 4 nitrogen and oxygen atoms in total. The number of hydrogen-bond acceptors (Lipinski definition) is 4. The van der Waals surface area contributed by atoms with Crippen LogP contribution < -0.4 is 15.4 Å². The van der Waals surface area contributed by atoms with Gasteiger partial charge in [-0.1, -0.05) is 25.0 Å². The molecule has 24 heavy (non-hydrogen) atoms. The Labute approximate surface area is 149 Å². The van der Waals surface area contributed by atoms with Crippen LogP contribution in [0.2, 0.25) is 0 Å². The number of carbonyl (C=O) groups excluding carboxylic acids is 1. The third kappa shape index (κ3) is 4.25. The van der Waals surface area contributed by atoms with Gasteiger partial charge in [0.15, 0.2) is 0 Å². The normalized spacial score (nSPS) is 23.0. The number of benzene rings is 1. The number of ether oxygens (including phenoxy) is 1. The average molecular weight is 349 g/mol. The van der Waals surface area contributed by atoms with Gasteiger partial charge in [0.25, 0.3) is 0 Å². The number of rotatable bonds is 6. The molecular weight excluding hydrogens is 320 g/mol. The summed E-state index contributed by atoms with van der Waals surface area (Å²) in [6, 6.07) is 8.67. The van der Waals surface area contributed by atoms with Crippen molar-refractivity contribution in [3.8, 4) is 5.75 Å². The maximum atomic E-state index is 12.4. The first-order valence-electron chi connectivity index (χ1n) is 8.94. The van der Waals surface area contributed by atoms with Gasteiger partial charge >= 0.3 is 0 Å². The molecule has 132 valence electrons. The average Bonchev–Trinajstić information content (AvgIpc) is 3.11. The van der Waals surface area contributed by atoms with Gasteiger partial charge in [0, 0.05) is 42.5 Å². The van der Waals surface area contributed by atoms with Crippen LogP contribution in [0.1, 0.15) is 37.7 Å². The minimum atomic E-state index is 0.0684. The van der Waals surface area contributed by atoms with Crippen molar-refractivity contribution in [2.45, 2.75) is 43.6 Å². The Bertz CT molecular complexity index is 552. The van der Waals surface area contributed by atoms with E-state index in [1.54, 1.807) is 7.11 Å². The monoisotopic (exact) mass is 348 g/mol. The van der Waals surface area contributed by atoms with Crippen LogP contribution >= 0.6 is 11.8 Å². The van der Waals surface area contributed by atoms with E-state index < -0.39 is 0 Å². The van der Waals surface area contributed by atoms with Crippen molar-refractivity contribution in [2.24, 2.45) is 0 Å². The van der Waals surface area contributed by atoms with Gasteiger partial charge in [-0.25, -0.2) is 0 Å². The summed E-state index contributed by atoms with van der Waals surface area (Å²) < 4.78 is 5.39. The summed E-state index contributed by atoms with van der Waals surface area (Å²) in [4.78, 5) is 12.4. The molecule has 1 saturated carbocycles. The highest BCUT2D eigenvalue weighted by molar-refractivity contribution is 7.99. The molecule has 1 unspecified atom stereocenters. The Morgan fingerprint density at radius 2 is 2.25 bits per heavy atom. The van der Waals surface area contributed by atoms with Gasteiger partial charge in [-0.2, -0.15) is 11.8 Å². The Hall–Kier alpha value is -1.20. The molecule has 3 rings (SSSR count). The van der Waals surface area contributed by atoms with Gasteiger partial charge in [-0.15, -0.1) is 0 Å². The molecule has 1 aromatic carbocycles. The van der Waals surface area contributed by atoms with Crippen LogP contribution in [-0.4, -0.2) is 43.7 Å². The minimum Gasteiger partial charge on any atom is -0.497 e. The molecule has 0 spiro atoms. The van der Waals surface area contributed by atoms with Crippen molar-refractivity contribution >= 4 is 17.7 Å². The summed E-state index contributed by atoms with van der Waals surface area (Å²) >= 11 is 1.93. The van der Waals surface area contributed by atoms with Gasteiger partial charge in [-0.05, 0) is 30.5 Å². The fourth-order valence-electron chi connectivity index (χ4n) is 3.89. The van der Waals surface area contributed by atoms with Crippen molar-refractivity contribution in [3.63, 3.8) is 0 Å². The molecule has 1 aliphatic heterocycles. The maximum Gasteiger partial charge on any atom is 0.221 e. The SMILES string of the molecule is COc1cccc(C2(CNC(=O)CC3CSCCN3)CCCC2)c1. The Balaban J connectivity index is 1.62. The molecule has 2 N–H and O–H groups in total. The summed E-state index contributed by atoms with van der Waals surface area (Å²) in [5.41, 5.74) is 1.37. The lowest BCUT2D eigenvalue weighted by molar-refractivity contribution is -0.121. The molecule has 1 atom stereocenters. The van der Waals surface area contributed by atoms with Crippen molar-refractivity contribution in [1.29, 1.82) is 0 Å². The molecule has 1 aliphatic carbocycles. The van der Waals surface area contributed by atoms with Gasteiger partial charge in [-0.3, -0.25) is 4.79 Å². The van der Waals surface area contributed by atoms with E-state index in [0.717, 1.165) is 43.2 Å². The Morgan fingerprint density at radius 3 is 2.96 bits per heavy atom. The largest absolute Gasteiger partial charge is 0.497 e. The molecule has 0 radical (unpaired) electrons. The molecule has 2 fully saturated rings. The van der Waals surface area contributed by atoms with E-state index in [1.165, 1.54) is 18.4 Å². The first-order valence-corrected chi connectivity index (χ1v) is 10.1. The summed E-state index contributed by atoms with van der Waals surface area (Å²) in [5.74, 6) is 3.25. The van der Waals surface area contributed by atoms with Crippen LogP contribution in [0.15, 0.2) is 24.3 Å². The van der Waals surface area contributed by atoms with Crippen molar-refractivity contribution < 1.29 is 9.53 Å². The molecule has 2 aliphatic rings. The van der Waals surface area contributed by atoms with Crippen molar-refractivity contribution in [1.82, 2.24) is 10.6 Å². The third-order valence-corrected chi connectivity index (χ3v) is 6.43. The Kier molecular flexibility index (Phi) is 6.06. The van der Waals surface area contributed by atoms with Crippen LogP contribution in [0.25, 0.3) is 0 Å². The number of carbonyl (C=O) groups is 1. The predicted molar refractivity (Wildman–Crippen MR) is 99.9 cm³/mol. The zero-order valence-electron chi connectivity index (χ0n) is 14.5. The quantitative estimate of drug-likeness (QED) is 0.830. The Morgan fingerprint density at radius 1 is 1.42 bits per heavy atom. The third-order valence-electron chi connectivity index (χ3n) is 5.30. The molecule has 5 heteroatoms. The predicted octanol–water partition coefficient (Wildman–Crippen LogP) is 2.72. The fraction of sp³-hybridized carbons (Fsp3) is 0.632. The van der Waals surface area contributed by atoms with E-state index in [9.17, 15) is 4.79 Å². The maximum absolute atomic E-state index is 12.4. The number of hydrogen-bond donors (Lipinski definition) is 2. The lowest BCUT2D eigenvalue weighted by atomic mass is 9.78. The van der Waals surface area contributed by atoms with Crippen molar-refractivity contribution in [2.75, 3.05) is 31.7 Å². The van der Waals surface area contributed by atoms with Crippen LogP contribution in [0.3, 0.4) is 0 Å². The van der Waals surface area contributed by atoms with E-state index in [1.807, 2.05) is 17.8 Å². The molecule has 1 aromatic rings. The number of nitrogens with one attached hydrogen (secondary N) is 2. The first-order chi connectivity index (χ1) is 11.7. The smallest absolute Gasteiger partial charge is 0.221 e. The number of methoxy groups -OCH3 is 1. The highest BCUT2D eigenvalue weighted by Crippen LogP contribution is 2.41. The molecular formula is C19H28N2O2S. The second kappa shape index (κ2) is 8.26. The van der Waals surface area contributed by atoms with Crippen LogP contribution in [0, 0.1) is 0 Å². The van der Waals surface area contributed by atoms with E-state index in [0.29, 0.717) is 12.5 Å². The highest BCUT2D eigenvalue weighted by atomic mass is 32.2. The lowest BCUT2D eigenvalue weighted by Crippen LogP contribution is -2.44. The highest BCUT2D eigenvalue weighted by Gasteiger charge is 2.36. The van der Waals surface area contributed by atoms with E-state index in [-0.39, 0.29) is 11.3 Å². The summed E-state index contributed by atoms with van der Waals surface area (Å²) in [6.07, 6.45) is 5.32. The first kappa shape index (κ1) is 17.6. The molecule has 1 saturated heterocycles. The van der Waals surface area contributed by atoms with E-state index in [4.69, 9.17) is 4.74 Å². The lowest BCUT2D eigenvalue weighted by Gasteiger charge is -2.31. The second-order valence-electron chi connectivity index (χ2n) is 6.93. The zero-order chi connectivity index (χ0) is 16.8. The number of amides is 1. The van der Waals surface area contributed by atoms with Gasteiger partial charge in [0.05, 0.1) is 7.11 Å². The molecule has 1 heterocycles. The topological polar surface area (TPSA) is 50.4 Å². The van der Waals surface area contributed by atoms with E-state index in [2.05, 4.69) is 28.8 Å². The minimum absolute atomic E-state index is 0.0684. The van der Waals surface area contributed by atoms with Crippen molar-refractivity contribution in [3.05, 3.63) is 29.8 Å². The second-order valence-corrected chi connectivity index (χ2v) is 8.08. The fourth-order valence-corrected chi connectivity index (χ4v) is 4.84. The standard InChI is InChI=1S/C19H28N2O2S/c1-23-17-6-4-5-15(11-17)19(7-2-3-8-19)14-21-18(22)12-16-13-24-10-9-20-16/h4-6,11,16,20H,2-3,7-10,12-14H2,1H3,(H,21,22).